The molecule has 1 saturated carbocycles. The lowest BCUT2D eigenvalue weighted by molar-refractivity contribution is -0.137. The predicted octanol–water partition coefficient (Wildman–Crippen LogP) is 4.73. The first-order chi connectivity index (χ1) is 13.3. The molecule has 1 aliphatic heterocycles. The van der Waals surface area contributed by atoms with E-state index < -0.39 is 11.7 Å². The molecular formula is C19H11F3N4S2. The molecule has 28 heavy (non-hydrogen) atoms. The molecular weight excluding hydrogens is 405 g/mol. The number of fused-ring (bicyclic) bond motifs is 2. The third-order valence-corrected chi connectivity index (χ3v) is 6.69. The number of aliphatic imine (C=N–C) groups is 1. The van der Waals surface area contributed by atoms with Crippen LogP contribution in [0.1, 0.15) is 40.8 Å². The number of hydrogen-bond donors (Lipinski definition) is 0. The van der Waals surface area contributed by atoms with Gasteiger partial charge in [-0.25, -0.2) is 0 Å². The molecule has 9 heteroatoms. The fourth-order valence-electron chi connectivity index (χ4n) is 2.88. The summed E-state index contributed by atoms with van der Waals surface area (Å²) in [6, 6.07) is 6.93. The summed E-state index contributed by atoms with van der Waals surface area (Å²) in [6.45, 7) is 0. The van der Waals surface area contributed by atoms with Gasteiger partial charge in [0.05, 0.1) is 22.7 Å². The second-order valence-corrected chi connectivity index (χ2v) is 8.57. The summed E-state index contributed by atoms with van der Waals surface area (Å²) < 4.78 is 39.3. The molecule has 1 aromatic heterocycles. The molecule has 2 aromatic rings. The number of aromatic nitrogens is 2. The van der Waals surface area contributed by atoms with Crippen LogP contribution in [0.2, 0.25) is 0 Å². The van der Waals surface area contributed by atoms with Gasteiger partial charge < -0.3 is 0 Å². The van der Waals surface area contributed by atoms with Gasteiger partial charge in [-0.15, -0.1) is 16.6 Å². The summed E-state index contributed by atoms with van der Waals surface area (Å²) >= 11 is 2.75. The minimum atomic E-state index is -4.47. The van der Waals surface area contributed by atoms with Gasteiger partial charge in [-0.05, 0) is 54.3 Å². The van der Waals surface area contributed by atoms with E-state index in [0.717, 1.165) is 39.9 Å². The van der Waals surface area contributed by atoms with Crippen molar-refractivity contribution in [3.63, 3.8) is 0 Å². The Morgan fingerprint density at radius 1 is 1.25 bits per heavy atom. The van der Waals surface area contributed by atoms with Crippen molar-refractivity contribution < 1.29 is 13.2 Å². The molecule has 0 amide bonds. The molecule has 0 bridgehead atoms. The second-order valence-electron chi connectivity index (χ2n) is 6.37. The number of nitriles is 1. The van der Waals surface area contributed by atoms with Crippen LogP contribution >= 0.6 is 23.5 Å². The number of halogens is 3. The molecule has 4 rings (SSSR count). The van der Waals surface area contributed by atoms with Crippen LogP contribution in [0.5, 0.6) is 0 Å². The van der Waals surface area contributed by atoms with Crippen molar-refractivity contribution in [2.45, 2.75) is 35.3 Å². The summed E-state index contributed by atoms with van der Waals surface area (Å²) in [4.78, 5) is 4.81. The van der Waals surface area contributed by atoms with E-state index in [4.69, 9.17) is 11.4 Å². The lowest BCUT2D eigenvalue weighted by Crippen LogP contribution is -2.15. The van der Waals surface area contributed by atoms with Crippen LogP contribution in [0.15, 0.2) is 34.3 Å². The van der Waals surface area contributed by atoms with Crippen molar-refractivity contribution in [1.82, 2.24) is 10.2 Å². The molecule has 0 unspecified atom stereocenters. The van der Waals surface area contributed by atoms with Gasteiger partial charge in [0.25, 0.3) is 0 Å². The quantitative estimate of drug-likeness (QED) is 0.662. The first-order valence-electron chi connectivity index (χ1n) is 8.20. The predicted molar refractivity (Wildman–Crippen MR) is 102 cm³/mol. The highest BCUT2D eigenvalue weighted by atomic mass is 32.2. The van der Waals surface area contributed by atoms with E-state index in [2.05, 4.69) is 16.1 Å². The van der Waals surface area contributed by atoms with Crippen LogP contribution in [-0.4, -0.2) is 14.6 Å². The van der Waals surface area contributed by atoms with Gasteiger partial charge in [0.15, 0.2) is 0 Å². The molecule has 140 valence electrons. The van der Waals surface area contributed by atoms with Crippen molar-refractivity contribution in [2.75, 3.05) is 0 Å². The van der Waals surface area contributed by atoms with E-state index in [-0.39, 0.29) is 11.1 Å². The van der Waals surface area contributed by atoms with Crippen LogP contribution in [0.25, 0.3) is 0 Å². The van der Waals surface area contributed by atoms with E-state index in [0.29, 0.717) is 17.0 Å². The molecule has 1 fully saturated rings. The highest BCUT2D eigenvalue weighted by Crippen LogP contribution is 2.56. The summed E-state index contributed by atoms with van der Waals surface area (Å²) in [5.41, 5.74) is 0.866. The Kier molecular flexibility index (Phi) is 4.60. The normalized spacial score (nSPS) is 16.7. The van der Waals surface area contributed by atoms with Crippen LogP contribution in [0.3, 0.4) is 0 Å². The minimum Gasteiger partial charge on any atom is -0.260 e. The number of benzene rings is 1. The highest BCUT2D eigenvalue weighted by molar-refractivity contribution is 8.38. The maximum absolute atomic E-state index is 12.8. The smallest absolute Gasteiger partial charge is 0.260 e. The molecule has 0 N–H and O–H groups in total. The van der Waals surface area contributed by atoms with Gasteiger partial charge in [0.1, 0.15) is 15.1 Å². The summed E-state index contributed by atoms with van der Waals surface area (Å²) in [5, 5.41) is 18.2. The monoisotopic (exact) mass is 416 g/mol. The van der Waals surface area contributed by atoms with E-state index in [9.17, 15) is 18.4 Å². The first kappa shape index (κ1) is 18.9. The fourth-order valence-corrected chi connectivity index (χ4v) is 5.13. The molecule has 0 atom stereocenters. The third kappa shape index (κ3) is 3.48. The number of terminal acetylenes is 1. The molecule has 2 heterocycles. The van der Waals surface area contributed by atoms with Crippen molar-refractivity contribution in [1.29, 1.82) is 5.26 Å². The maximum Gasteiger partial charge on any atom is 0.416 e. The lowest BCUT2D eigenvalue weighted by Gasteiger charge is -2.21. The molecule has 0 radical (unpaired) electrons. The summed E-state index contributed by atoms with van der Waals surface area (Å²) in [6.07, 6.45) is 2.71. The van der Waals surface area contributed by atoms with Gasteiger partial charge in [-0.2, -0.15) is 18.4 Å². The molecule has 2 aliphatic rings. The second kappa shape index (κ2) is 6.84. The number of rotatable bonds is 2. The molecule has 1 spiro atoms. The Hall–Kier alpha value is -2.49. The van der Waals surface area contributed by atoms with Gasteiger partial charge in [-0.1, -0.05) is 17.8 Å². The topological polar surface area (TPSA) is 61.9 Å². The van der Waals surface area contributed by atoms with Crippen LogP contribution in [0.4, 0.5) is 13.2 Å². The van der Waals surface area contributed by atoms with E-state index in [1.807, 2.05) is 12.1 Å². The van der Waals surface area contributed by atoms with Crippen LogP contribution < -0.4 is 0 Å². The largest absolute Gasteiger partial charge is 0.416 e. The number of alkyl halides is 3. The van der Waals surface area contributed by atoms with Crippen LogP contribution in [-0.2, 0) is 17.5 Å². The van der Waals surface area contributed by atoms with Crippen molar-refractivity contribution in [3.05, 3.63) is 52.2 Å². The first-order valence-corrected chi connectivity index (χ1v) is 10.0. The summed E-state index contributed by atoms with van der Waals surface area (Å²) in [5.74, 6) is 2.82. The standard InChI is InChI=1S/C19H11F3N4S2/c1-2-14-8-15-16(26-25-14)28-17(24-18(15)5-6-18)27-10-11-3-4-13(19(20,21)22)7-12(11)9-23/h1,3-4,7-8H,5-6,10H2. The average Bonchev–Trinajstić information content (AvgIpc) is 3.45. The Morgan fingerprint density at radius 3 is 2.68 bits per heavy atom. The molecule has 1 aliphatic carbocycles. The Bertz CT molecular complexity index is 1080. The minimum absolute atomic E-state index is 0.0173. The van der Waals surface area contributed by atoms with Crippen molar-refractivity contribution in [2.24, 2.45) is 4.99 Å². The van der Waals surface area contributed by atoms with Crippen molar-refractivity contribution in [3.8, 4) is 18.4 Å². The number of hydrogen-bond acceptors (Lipinski definition) is 6. The van der Waals surface area contributed by atoms with Gasteiger partial charge in [0.2, 0.25) is 0 Å². The summed E-state index contributed by atoms with van der Waals surface area (Å²) in [7, 11) is 0. The number of nitrogens with zero attached hydrogens (tertiary/aromatic N) is 4. The van der Waals surface area contributed by atoms with Crippen molar-refractivity contribution >= 4 is 27.9 Å². The maximum atomic E-state index is 12.8. The third-order valence-electron chi connectivity index (χ3n) is 4.53. The fraction of sp³-hybridized carbons (Fsp3) is 0.263. The zero-order chi connectivity index (χ0) is 19.9. The van der Waals surface area contributed by atoms with E-state index in [1.165, 1.54) is 29.6 Å². The Labute approximate surface area is 167 Å². The zero-order valence-electron chi connectivity index (χ0n) is 14.2. The van der Waals surface area contributed by atoms with Gasteiger partial charge in [0, 0.05) is 11.3 Å². The van der Waals surface area contributed by atoms with Gasteiger partial charge >= 0.3 is 6.18 Å². The SMILES string of the molecule is C#Cc1cc2c(nn1)SC(SCc1ccc(C(F)(F)F)cc1C#N)=NC21CC1. The average molecular weight is 416 g/mol. The Balaban J connectivity index is 1.55. The molecule has 0 saturated heterocycles. The number of thioether (sulfide) groups is 2. The van der Waals surface area contributed by atoms with Crippen LogP contribution in [0, 0.1) is 23.7 Å². The highest BCUT2D eigenvalue weighted by Gasteiger charge is 2.49. The Morgan fingerprint density at radius 2 is 2.04 bits per heavy atom. The zero-order valence-corrected chi connectivity index (χ0v) is 15.9. The van der Waals surface area contributed by atoms with Gasteiger partial charge in [-0.3, -0.25) is 4.99 Å². The van der Waals surface area contributed by atoms with E-state index in [1.54, 1.807) is 0 Å². The van der Waals surface area contributed by atoms with E-state index >= 15 is 0 Å². The lowest BCUT2D eigenvalue weighted by atomic mass is 10.1. The molecule has 1 aromatic carbocycles. The molecule has 4 nitrogen and oxygen atoms in total.